The maximum Gasteiger partial charge on any atom is 0.171 e. The Labute approximate surface area is 120 Å². The highest BCUT2D eigenvalue weighted by Crippen LogP contribution is 2.31. The fourth-order valence-electron chi connectivity index (χ4n) is 2.24. The Morgan fingerprint density at radius 1 is 0.600 bits per heavy atom. The standard InChI is InChI=1S/C18H12O2/c19-17(13-7-1-2-8-13)15-11-5-6-12-16(15)18(20)14-9-3-4-10-14/h1-12H. The molecule has 2 nitrogen and oxygen atoms in total. The smallest absolute Gasteiger partial charge is 0.171 e. The van der Waals surface area contributed by atoms with E-state index in [1.807, 2.05) is 25.7 Å². The third-order valence-corrected chi connectivity index (χ3v) is 3.27. The molecule has 3 rings (SSSR count). The van der Waals surface area contributed by atoms with Gasteiger partial charge < -0.3 is 0 Å². The van der Waals surface area contributed by atoms with Crippen molar-refractivity contribution >= 4 is 11.6 Å². The number of carbonyl (C=O) groups is 2. The summed E-state index contributed by atoms with van der Waals surface area (Å²) in [5, 5.41) is 0. The van der Waals surface area contributed by atoms with Gasteiger partial charge in [0, 0.05) is 11.1 Å². The van der Waals surface area contributed by atoms with Gasteiger partial charge in [-0.3, -0.25) is 9.59 Å². The molecule has 0 spiro atoms. The van der Waals surface area contributed by atoms with Gasteiger partial charge in [-0.1, -0.05) is 24.3 Å². The van der Waals surface area contributed by atoms with Crippen LogP contribution in [-0.2, 0) is 0 Å². The Bertz CT molecular complexity index is 459. The maximum atomic E-state index is 12.5. The van der Waals surface area contributed by atoms with E-state index in [-0.39, 0.29) is 11.6 Å². The van der Waals surface area contributed by atoms with E-state index in [4.69, 9.17) is 0 Å². The minimum Gasteiger partial charge on any atom is -0.293 e. The summed E-state index contributed by atoms with van der Waals surface area (Å²) in [6, 6.07) is 6.95. The Morgan fingerprint density at radius 2 is 0.950 bits per heavy atom. The van der Waals surface area contributed by atoms with Gasteiger partial charge in [0.1, 0.15) is 0 Å². The van der Waals surface area contributed by atoms with Gasteiger partial charge in [-0.2, -0.15) is 0 Å². The molecule has 96 valence electrons. The van der Waals surface area contributed by atoms with Crippen molar-refractivity contribution < 1.29 is 9.59 Å². The predicted octanol–water partition coefficient (Wildman–Crippen LogP) is 2.86. The van der Waals surface area contributed by atoms with Gasteiger partial charge in [0.05, 0.1) is 11.8 Å². The molecule has 2 heteroatoms. The Hall–Kier alpha value is -1.44. The number of rotatable bonds is 4. The van der Waals surface area contributed by atoms with E-state index in [0.29, 0.717) is 23.0 Å². The third kappa shape index (κ3) is 2.56. The van der Waals surface area contributed by atoms with Gasteiger partial charge >= 0.3 is 0 Å². The van der Waals surface area contributed by atoms with Crippen molar-refractivity contribution in [3.8, 4) is 0 Å². The van der Waals surface area contributed by atoms with Gasteiger partial charge in [0.2, 0.25) is 0 Å². The fraction of sp³-hybridized carbons (Fsp3) is 0. The van der Waals surface area contributed by atoms with Crippen molar-refractivity contribution in [2.24, 2.45) is 0 Å². The van der Waals surface area contributed by atoms with Crippen LogP contribution < -0.4 is 0 Å². The summed E-state index contributed by atoms with van der Waals surface area (Å²) in [6.07, 6.45) is 14.3. The molecule has 2 fully saturated rings. The lowest BCUT2D eigenvalue weighted by molar-refractivity contribution is 0.0983. The first-order valence-corrected chi connectivity index (χ1v) is 6.39. The van der Waals surface area contributed by atoms with E-state index in [1.165, 1.54) is 0 Å². The van der Waals surface area contributed by atoms with E-state index in [0.717, 1.165) is 0 Å². The Morgan fingerprint density at radius 3 is 1.30 bits per heavy atom. The van der Waals surface area contributed by atoms with Gasteiger partial charge in [0.25, 0.3) is 0 Å². The van der Waals surface area contributed by atoms with Crippen molar-refractivity contribution in [3.63, 3.8) is 0 Å². The molecule has 0 aromatic heterocycles. The summed E-state index contributed by atoms with van der Waals surface area (Å²) < 4.78 is 0. The normalized spacial score (nSPS) is 20.4. The first-order chi connectivity index (χ1) is 9.77. The van der Waals surface area contributed by atoms with Crippen LogP contribution in [0.1, 0.15) is 20.7 Å². The quantitative estimate of drug-likeness (QED) is 0.780. The number of hydrogen-bond acceptors (Lipinski definition) is 2. The van der Waals surface area contributed by atoms with E-state index < -0.39 is 0 Å². The summed E-state index contributed by atoms with van der Waals surface area (Å²) in [7, 11) is 0. The largest absolute Gasteiger partial charge is 0.293 e. The van der Waals surface area contributed by atoms with E-state index in [2.05, 4.69) is 0 Å². The van der Waals surface area contributed by atoms with Crippen LogP contribution in [0.2, 0.25) is 0 Å². The molecule has 0 N–H and O–H groups in total. The van der Waals surface area contributed by atoms with Crippen LogP contribution in [-0.4, -0.2) is 11.6 Å². The lowest BCUT2D eigenvalue weighted by atomic mass is 9.87. The zero-order valence-electron chi connectivity index (χ0n) is 10.7. The Balaban J connectivity index is 1.87. The van der Waals surface area contributed by atoms with Gasteiger partial charge in [-0.05, 0) is 51.4 Å². The van der Waals surface area contributed by atoms with E-state index >= 15 is 0 Å². The van der Waals surface area contributed by atoms with Crippen LogP contribution in [0.3, 0.4) is 0 Å². The molecule has 10 radical (unpaired) electrons. The lowest BCUT2D eigenvalue weighted by Gasteiger charge is -2.13. The van der Waals surface area contributed by atoms with Gasteiger partial charge in [-0.25, -0.2) is 0 Å². The molecule has 1 aromatic rings. The topological polar surface area (TPSA) is 34.1 Å². The first-order valence-electron chi connectivity index (χ1n) is 6.39. The van der Waals surface area contributed by atoms with Crippen LogP contribution in [0.25, 0.3) is 0 Å². The van der Waals surface area contributed by atoms with Gasteiger partial charge in [0.15, 0.2) is 11.6 Å². The van der Waals surface area contributed by atoms with Crippen LogP contribution in [0.5, 0.6) is 0 Å². The maximum absolute atomic E-state index is 12.5. The van der Waals surface area contributed by atoms with Crippen molar-refractivity contribution in [3.05, 3.63) is 98.6 Å². The molecular weight excluding hydrogens is 248 g/mol. The zero-order valence-corrected chi connectivity index (χ0v) is 10.7. The molecule has 1 aromatic carbocycles. The number of Topliss-reactive ketones (excluding diaryl/α,β-unsaturated/α-hetero) is 2. The van der Waals surface area contributed by atoms with Crippen LogP contribution in [0.4, 0.5) is 0 Å². The summed E-state index contributed by atoms with van der Waals surface area (Å²) in [6.45, 7) is 0. The van der Waals surface area contributed by atoms with E-state index in [9.17, 15) is 9.59 Å². The zero-order chi connectivity index (χ0) is 13.9. The highest BCUT2D eigenvalue weighted by atomic mass is 16.1. The highest BCUT2D eigenvalue weighted by Gasteiger charge is 2.31. The first kappa shape index (κ1) is 13.5. The number of hydrogen-bond donors (Lipinski definition) is 0. The predicted molar refractivity (Wildman–Crippen MR) is 76.0 cm³/mol. The molecule has 0 atom stereocenters. The van der Waals surface area contributed by atoms with Crippen molar-refractivity contribution in [2.75, 3.05) is 0 Å². The fourth-order valence-corrected chi connectivity index (χ4v) is 2.24. The summed E-state index contributed by atoms with van der Waals surface area (Å²) in [4.78, 5) is 24.9. The number of carbonyl (C=O) groups excluding carboxylic acids is 2. The second kappa shape index (κ2) is 5.90. The summed E-state index contributed by atoms with van der Waals surface area (Å²) in [5.74, 6) is 0.969. The third-order valence-electron chi connectivity index (χ3n) is 3.27. The van der Waals surface area contributed by atoms with Crippen LogP contribution in [0, 0.1) is 63.2 Å². The average Bonchev–Trinajstić information content (AvgIpc) is 3.18. The second-order valence-electron chi connectivity index (χ2n) is 4.55. The van der Waals surface area contributed by atoms with Crippen molar-refractivity contribution in [1.82, 2.24) is 0 Å². The minimum absolute atomic E-state index is 0.120. The second-order valence-corrected chi connectivity index (χ2v) is 4.55. The molecule has 2 saturated carbocycles. The molecule has 2 aliphatic carbocycles. The summed E-state index contributed by atoms with van der Waals surface area (Å²) >= 11 is 0. The molecule has 0 unspecified atom stereocenters. The molecule has 0 aliphatic heterocycles. The molecule has 20 heavy (non-hydrogen) atoms. The molecule has 0 saturated heterocycles. The SMILES string of the molecule is O=C([C]1[CH][CH][CH][CH]1)c1ccccc1C(=O)[C]1[CH][CH][CH][CH]1. The minimum atomic E-state index is -0.120. The van der Waals surface area contributed by atoms with Crippen molar-refractivity contribution in [1.29, 1.82) is 0 Å². The number of ketones is 2. The van der Waals surface area contributed by atoms with Gasteiger partial charge in [-0.15, -0.1) is 0 Å². The average molecular weight is 260 g/mol. The van der Waals surface area contributed by atoms with Crippen LogP contribution >= 0.6 is 0 Å². The molecule has 2 aliphatic rings. The van der Waals surface area contributed by atoms with Crippen LogP contribution in [0.15, 0.2) is 24.3 Å². The lowest BCUT2D eigenvalue weighted by Crippen LogP contribution is -2.18. The molecule has 0 heterocycles. The van der Waals surface area contributed by atoms with E-state index in [1.54, 1.807) is 49.9 Å². The number of benzene rings is 1. The highest BCUT2D eigenvalue weighted by molar-refractivity contribution is 6.20. The summed E-state index contributed by atoms with van der Waals surface area (Å²) in [5.41, 5.74) is 0.898. The molecule has 0 amide bonds. The Kier molecular flexibility index (Phi) is 4.00. The monoisotopic (exact) mass is 260 g/mol. The van der Waals surface area contributed by atoms with Crippen molar-refractivity contribution in [2.45, 2.75) is 0 Å². The molecular formula is C18H12O2. The molecule has 0 bridgehead atoms.